The number of rotatable bonds is 11. The average molecular weight is 638 g/mol. The van der Waals surface area contributed by atoms with Crippen LogP contribution in [0.25, 0.3) is 0 Å². The molecule has 0 saturated carbocycles. The van der Waals surface area contributed by atoms with E-state index >= 15 is 0 Å². The van der Waals surface area contributed by atoms with Crippen molar-refractivity contribution in [2.45, 2.75) is 15.2 Å². The molecule has 3 aromatic rings. The van der Waals surface area contributed by atoms with Crippen molar-refractivity contribution in [1.82, 2.24) is 4.90 Å². The lowest BCUT2D eigenvalue weighted by Crippen LogP contribution is -2.37. The number of thioether (sulfide) groups is 1. The molecule has 3 aromatic carbocycles. The van der Waals surface area contributed by atoms with E-state index in [9.17, 15) is 21.6 Å². The van der Waals surface area contributed by atoms with Gasteiger partial charge in [-0.2, -0.15) is 0 Å². The van der Waals surface area contributed by atoms with Gasteiger partial charge in [-0.3, -0.25) is 14.4 Å². The second-order valence-corrected chi connectivity index (χ2v) is 14.0. The fraction of sp³-hybridized carbons (Fsp3) is 0.222. The van der Waals surface area contributed by atoms with Crippen molar-refractivity contribution < 1.29 is 31.1 Å². The third-order valence-electron chi connectivity index (χ3n) is 6.24. The number of ether oxygens (including phenoxy) is 2. The van der Waals surface area contributed by atoms with Gasteiger partial charge in [0.15, 0.2) is 21.3 Å². The molecule has 1 aliphatic rings. The van der Waals surface area contributed by atoms with Gasteiger partial charge in [-0.15, -0.1) is 18.3 Å². The lowest BCUT2D eigenvalue weighted by Gasteiger charge is -2.23. The third-order valence-corrected chi connectivity index (χ3v) is 10.9. The highest BCUT2D eigenvalue weighted by molar-refractivity contribution is 7.99. The van der Waals surface area contributed by atoms with Crippen LogP contribution in [0.3, 0.4) is 0 Å². The second kappa shape index (κ2) is 12.7. The largest absolute Gasteiger partial charge is 0.493 e. The molecule has 0 aliphatic carbocycles. The number of carbonyl (C=O) groups excluding carboxylic acids is 1. The molecule has 14 heteroatoms. The molecule has 41 heavy (non-hydrogen) atoms. The summed E-state index contributed by atoms with van der Waals surface area (Å²) in [5.74, 6) is 1.16. The zero-order chi connectivity index (χ0) is 29.8. The van der Waals surface area contributed by atoms with E-state index in [1.807, 2.05) is 4.90 Å². The van der Waals surface area contributed by atoms with Crippen LogP contribution in [0.15, 0.2) is 83.1 Å². The fourth-order valence-corrected chi connectivity index (χ4v) is 8.06. The molecule has 0 spiro atoms. The lowest BCUT2D eigenvalue weighted by atomic mass is 10.1. The summed E-state index contributed by atoms with van der Waals surface area (Å²) in [4.78, 5) is 15.2. The predicted molar refractivity (Wildman–Crippen MR) is 161 cm³/mol. The third kappa shape index (κ3) is 6.81. The number of methoxy groups -OCH3 is 2. The number of hydrogen-bond donors (Lipinski definition) is 2. The lowest BCUT2D eigenvalue weighted by molar-refractivity contribution is 0.102. The highest BCUT2D eigenvalue weighted by Crippen LogP contribution is 2.35. The van der Waals surface area contributed by atoms with Gasteiger partial charge in [-0.1, -0.05) is 17.7 Å². The summed E-state index contributed by atoms with van der Waals surface area (Å²) in [5.41, 5.74) is 0.170. The molecule has 1 amide bonds. The number of nitrogens with one attached hydrogen (secondary N) is 2. The van der Waals surface area contributed by atoms with E-state index in [2.05, 4.69) is 16.6 Å². The number of halogens is 1. The number of hydrogen-bond acceptors (Lipinski definition) is 9. The SMILES string of the molecule is C=CC(N1CCSC1)S(=O)(=O)c1ccc(NC(=O)c2cc(OC)c(OC)cc2NS(=O)(=O)c2ccc(Cl)cc2)cc1. The van der Waals surface area contributed by atoms with Crippen LogP contribution in [0, 0.1) is 0 Å². The number of benzene rings is 3. The van der Waals surface area contributed by atoms with Crippen LogP contribution >= 0.6 is 23.4 Å². The average Bonchev–Trinajstić information content (AvgIpc) is 3.47. The van der Waals surface area contributed by atoms with Crippen LogP contribution in [0.4, 0.5) is 11.4 Å². The first-order valence-corrected chi connectivity index (χ1v) is 16.7. The molecule has 4 rings (SSSR count). The number of anilines is 2. The van der Waals surface area contributed by atoms with Gasteiger partial charge < -0.3 is 14.8 Å². The molecular formula is C27H28ClN3O7S3. The van der Waals surface area contributed by atoms with Gasteiger partial charge in [0, 0.05) is 35.0 Å². The van der Waals surface area contributed by atoms with Gasteiger partial charge in [0.2, 0.25) is 0 Å². The Labute approximate surface area is 248 Å². The van der Waals surface area contributed by atoms with E-state index in [1.165, 1.54) is 81.0 Å². The van der Waals surface area contributed by atoms with Crippen molar-refractivity contribution in [2.24, 2.45) is 0 Å². The Kier molecular flexibility index (Phi) is 9.55. The maximum atomic E-state index is 13.4. The summed E-state index contributed by atoms with van der Waals surface area (Å²) in [5, 5.41) is 2.19. The van der Waals surface area contributed by atoms with Crippen molar-refractivity contribution in [3.05, 3.63) is 83.9 Å². The molecule has 1 unspecified atom stereocenters. The van der Waals surface area contributed by atoms with Gasteiger partial charge in [0.1, 0.15) is 5.37 Å². The number of nitrogens with zero attached hydrogens (tertiary/aromatic N) is 1. The van der Waals surface area contributed by atoms with E-state index in [-0.39, 0.29) is 32.5 Å². The van der Waals surface area contributed by atoms with E-state index in [0.717, 1.165) is 5.75 Å². The monoisotopic (exact) mass is 637 g/mol. The maximum absolute atomic E-state index is 13.4. The van der Waals surface area contributed by atoms with Crippen molar-refractivity contribution in [3.8, 4) is 11.5 Å². The van der Waals surface area contributed by atoms with Crippen LogP contribution in [-0.4, -0.2) is 65.4 Å². The van der Waals surface area contributed by atoms with Crippen LogP contribution in [0.1, 0.15) is 10.4 Å². The molecule has 1 saturated heterocycles. The predicted octanol–water partition coefficient (Wildman–Crippen LogP) is 4.70. The zero-order valence-corrected chi connectivity index (χ0v) is 25.4. The molecule has 1 atom stereocenters. The van der Waals surface area contributed by atoms with Crippen LogP contribution in [0.2, 0.25) is 5.02 Å². The summed E-state index contributed by atoms with van der Waals surface area (Å²) in [6.07, 6.45) is 1.42. The van der Waals surface area contributed by atoms with Gasteiger partial charge in [0.25, 0.3) is 15.9 Å². The van der Waals surface area contributed by atoms with Crippen molar-refractivity contribution in [1.29, 1.82) is 0 Å². The van der Waals surface area contributed by atoms with Gasteiger partial charge in [-0.25, -0.2) is 16.8 Å². The molecule has 0 bridgehead atoms. The van der Waals surface area contributed by atoms with E-state index in [4.69, 9.17) is 21.1 Å². The van der Waals surface area contributed by atoms with Crippen LogP contribution in [0.5, 0.6) is 11.5 Å². The Balaban J connectivity index is 1.62. The normalized spacial score (nSPS) is 14.7. The van der Waals surface area contributed by atoms with E-state index in [1.54, 1.807) is 11.8 Å². The van der Waals surface area contributed by atoms with Crippen molar-refractivity contribution in [3.63, 3.8) is 0 Å². The minimum atomic E-state index is -4.11. The summed E-state index contributed by atoms with van der Waals surface area (Å²) >= 11 is 7.54. The van der Waals surface area contributed by atoms with Crippen molar-refractivity contribution in [2.75, 3.05) is 42.4 Å². The van der Waals surface area contributed by atoms with Crippen LogP contribution in [-0.2, 0) is 19.9 Å². The number of carbonyl (C=O) groups is 1. The van der Waals surface area contributed by atoms with Gasteiger partial charge in [-0.05, 0) is 54.6 Å². The Morgan fingerprint density at radius 1 is 1.00 bits per heavy atom. The highest BCUT2D eigenvalue weighted by Gasteiger charge is 2.32. The summed E-state index contributed by atoms with van der Waals surface area (Å²) in [6.45, 7) is 4.35. The summed E-state index contributed by atoms with van der Waals surface area (Å²) in [6, 6.07) is 13.9. The maximum Gasteiger partial charge on any atom is 0.261 e. The molecule has 1 heterocycles. The number of sulfonamides is 1. The van der Waals surface area contributed by atoms with Crippen LogP contribution < -0.4 is 19.5 Å². The number of amides is 1. The summed E-state index contributed by atoms with van der Waals surface area (Å²) in [7, 11) is -5.09. The smallest absolute Gasteiger partial charge is 0.261 e. The second-order valence-electron chi connectivity index (χ2n) is 8.81. The Morgan fingerprint density at radius 2 is 1.61 bits per heavy atom. The van der Waals surface area contributed by atoms with E-state index in [0.29, 0.717) is 23.1 Å². The molecule has 0 radical (unpaired) electrons. The molecule has 2 N–H and O–H groups in total. The van der Waals surface area contributed by atoms with Gasteiger partial charge in [0.05, 0.1) is 35.3 Å². The first kappa shape index (κ1) is 30.7. The molecular weight excluding hydrogens is 610 g/mol. The molecule has 1 aliphatic heterocycles. The minimum Gasteiger partial charge on any atom is -0.493 e. The first-order chi connectivity index (χ1) is 19.5. The minimum absolute atomic E-state index is 0.0601. The topological polar surface area (TPSA) is 131 Å². The molecule has 0 aromatic heterocycles. The zero-order valence-electron chi connectivity index (χ0n) is 22.2. The molecule has 1 fully saturated rings. The number of sulfone groups is 1. The standard InChI is InChI=1S/C27H28ClN3O7S3/c1-4-26(31-13-14-39-17-31)40(33,34)20-11-7-19(8-12-20)29-27(32)22-15-24(37-2)25(38-3)16-23(22)30-41(35,36)21-9-5-18(28)6-10-21/h4-12,15-16,26,30H,1,13-14,17H2,2-3H3,(H,29,32). The van der Waals surface area contributed by atoms with Crippen molar-refractivity contribution >= 4 is 60.5 Å². The summed E-state index contributed by atoms with van der Waals surface area (Å²) < 4.78 is 65.7. The Hall–Kier alpha value is -3.23. The first-order valence-electron chi connectivity index (χ1n) is 12.1. The quantitative estimate of drug-likeness (QED) is 0.287. The molecule has 10 nitrogen and oxygen atoms in total. The molecule has 218 valence electrons. The Morgan fingerprint density at radius 3 is 2.17 bits per heavy atom. The van der Waals surface area contributed by atoms with Gasteiger partial charge >= 0.3 is 0 Å². The Bertz CT molecular complexity index is 1640. The highest BCUT2D eigenvalue weighted by atomic mass is 35.5. The fourth-order valence-electron chi connectivity index (χ4n) is 4.14. The van der Waals surface area contributed by atoms with E-state index < -0.39 is 31.1 Å².